The standard InChI is InChI=1S/C15H20ClN3O/c1-15(2,3)19-10-11(9-18-19)8-17-12-5-6-14(20-4)13(16)7-12/h5-7,9-10,17H,8H2,1-4H3. The lowest BCUT2D eigenvalue weighted by molar-refractivity contribution is 0.355. The quantitative estimate of drug-likeness (QED) is 0.929. The molecule has 1 aromatic carbocycles. The first-order valence-corrected chi connectivity index (χ1v) is 6.89. The van der Waals surface area contributed by atoms with Crippen LogP contribution in [0.4, 0.5) is 5.69 Å². The Kier molecular flexibility index (Phi) is 4.23. The fourth-order valence-electron chi connectivity index (χ4n) is 1.80. The van der Waals surface area contributed by atoms with Gasteiger partial charge in [0.2, 0.25) is 0 Å². The van der Waals surface area contributed by atoms with Gasteiger partial charge < -0.3 is 10.1 Å². The Morgan fingerprint density at radius 1 is 1.35 bits per heavy atom. The molecule has 108 valence electrons. The number of nitrogens with zero attached hydrogens (tertiary/aromatic N) is 2. The lowest BCUT2D eigenvalue weighted by Crippen LogP contribution is -2.21. The fraction of sp³-hybridized carbons (Fsp3) is 0.400. The van der Waals surface area contributed by atoms with Gasteiger partial charge in [0.1, 0.15) is 5.75 Å². The van der Waals surface area contributed by atoms with Crippen molar-refractivity contribution in [2.75, 3.05) is 12.4 Å². The number of aromatic nitrogens is 2. The van der Waals surface area contributed by atoms with Gasteiger partial charge in [0.15, 0.2) is 0 Å². The van der Waals surface area contributed by atoms with Crippen LogP contribution in [0.5, 0.6) is 5.75 Å². The average molecular weight is 294 g/mol. The van der Waals surface area contributed by atoms with Crippen LogP contribution in [0.15, 0.2) is 30.6 Å². The predicted octanol–water partition coefficient (Wildman–Crippen LogP) is 3.91. The maximum atomic E-state index is 6.09. The largest absolute Gasteiger partial charge is 0.495 e. The first-order chi connectivity index (χ1) is 9.40. The van der Waals surface area contributed by atoms with Gasteiger partial charge in [-0.05, 0) is 39.0 Å². The summed E-state index contributed by atoms with van der Waals surface area (Å²) < 4.78 is 7.09. The highest BCUT2D eigenvalue weighted by Gasteiger charge is 2.13. The molecule has 0 atom stereocenters. The Morgan fingerprint density at radius 3 is 2.65 bits per heavy atom. The van der Waals surface area contributed by atoms with Crippen LogP contribution >= 0.6 is 11.6 Å². The summed E-state index contributed by atoms with van der Waals surface area (Å²) in [4.78, 5) is 0. The first kappa shape index (κ1) is 14.7. The van der Waals surface area contributed by atoms with Crippen molar-refractivity contribution in [1.29, 1.82) is 0 Å². The van der Waals surface area contributed by atoms with Crippen LogP contribution < -0.4 is 10.1 Å². The van der Waals surface area contributed by atoms with Crippen LogP contribution in [0.25, 0.3) is 0 Å². The third-order valence-corrected chi connectivity index (χ3v) is 3.27. The molecule has 0 unspecified atom stereocenters. The smallest absolute Gasteiger partial charge is 0.137 e. The lowest BCUT2D eigenvalue weighted by Gasteiger charge is -2.18. The molecular weight excluding hydrogens is 274 g/mol. The molecule has 0 bridgehead atoms. The van der Waals surface area contributed by atoms with Crippen molar-refractivity contribution in [3.05, 3.63) is 41.2 Å². The van der Waals surface area contributed by atoms with Crippen LogP contribution in [-0.4, -0.2) is 16.9 Å². The van der Waals surface area contributed by atoms with E-state index in [1.165, 1.54) is 0 Å². The van der Waals surface area contributed by atoms with E-state index in [4.69, 9.17) is 16.3 Å². The molecule has 20 heavy (non-hydrogen) atoms. The van der Waals surface area contributed by atoms with Crippen molar-refractivity contribution >= 4 is 17.3 Å². The van der Waals surface area contributed by atoms with Gasteiger partial charge in [-0.2, -0.15) is 5.10 Å². The van der Waals surface area contributed by atoms with Gasteiger partial charge in [-0.15, -0.1) is 0 Å². The van der Waals surface area contributed by atoms with Crippen molar-refractivity contribution in [3.8, 4) is 5.75 Å². The minimum atomic E-state index is 0.00166. The van der Waals surface area contributed by atoms with E-state index in [2.05, 4.69) is 37.4 Å². The molecular formula is C15H20ClN3O. The van der Waals surface area contributed by atoms with Crippen LogP contribution in [0.1, 0.15) is 26.3 Å². The highest BCUT2D eigenvalue weighted by atomic mass is 35.5. The van der Waals surface area contributed by atoms with E-state index in [0.717, 1.165) is 11.3 Å². The molecule has 2 aromatic rings. The van der Waals surface area contributed by atoms with E-state index in [1.54, 1.807) is 7.11 Å². The number of halogens is 1. The number of nitrogens with one attached hydrogen (secondary N) is 1. The van der Waals surface area contributed by atoms with Gasteiger partial charge in [0.25, 0.3) is 0 Å². The maximum absolute atomic E-state index is 6.09. The SMILES string of the molecule is COc1ccc(NCc2cnn(C(C)(C)C)c2)cc1Cl. The molecule has 0 fully saturated rings. The average Bonchev–Trinajstić information content (AvgIpc) is 2.85. The van der Waals surface area contributed by atoms with Gasteiger partial charge in [-0.3, -0.25) is 4.68 Å². The van der Waals surface area contributed by atoms with Crippen molar-refractivity contribution in [2.24, 2.45) is 0 Å². The van der Waals surface area contributed by atoms with Crippen LogP contribution in [0.2, 0.25) is 5.02 Å². The van der Waals surface area contributed by atoms with E-state index >= 15 is 0 Å². The second-order valence-electron chi connectivity index (χ2n) is 5.67. The van der Waals surface area contributed by atoms with Crippen molar-refractivity contribution in [1.82, 2.24) is 9.78 Å². The molecule has 1 aromatic heterocycles. The monoisotopic (exact) mass is 293 g/mol. The summed E-state index contributed by atoms with van der Waals surface area (Å²) in [6, 6.07) is 5.65. The third-order valence-electron chi connectivity index (χ3n) is 2.97. The minimum absolute atomic E-state index is 0.00166. The summed E-state index contributed by atoms with van der Waals surface area (Å²) in [5, 5.41) is 8.30. The summed E-state index contributed by atoms with van der Waals surface area (Å²) >= 11 is 6.09. The van der Waals surface area contributed by atoms with Gasteiger partial charge in [0.05, 0.1) is 23.9 Å². The minimum Gasteiger partial charge on any atom is -0.495 e. The molecule has 1 heterocycles. The summed E-state index contributed by atoms with van der Waals surface area (Å²) in [6.45, 7) is 7.08. The number of benzene rings is 1. The van der Waals surface area contributed by atoms with E-state index in [1.807, 2.05) is 29.1 Å². The molecule has 0 aliphatic carbocycles. The molecule has 0 aliphatic heterocycles. The number of anilines is 1. The van der Waals surface area contributed by atoms with E-state index < -0.39 is 0 Å². The van der Waals surface area contributed by atoms with E-state index in [-0.39, 0.29) is 5.54 Å². The summed E-state index contributed by atoms with van der Waals surface area (Å²) in [6.07, 6.45) is 3.93. The van der Waals surface area contributed by atoms with E-state index in [0.29, 0.717) is 17.3 Å². The van der Waals surface area contributed by atoms with Crippen molar-refractivity contribution < 1.29 is 4.74 Å². The van der Waals surface area contributed by atoms with Gasteiger partial charge >= 0.3 is 0 Å². The Hall–Kier alpha value is -1.68. The molecule has 0 spiro atoms. The predicted molar refractivity (Wildman–Crippen MR) is 82.6 cm³/mol. The van der Waals surface area contributed by atoms with Gasteiger partial charge in [-0.1, -0.05) is 11.6 Å². The molecule has 1 N–H and O–H groups in total. The topological polar surface area (TPSA) is 39.1 Å². The zero-order valence-electron chi connectivity index (χ0n) is 12.3. The first-order valence-electron chi connectivity index (χ1n) is 6.51. The van der Waals surface area contributed by atoms with Crippen LogP contribution in [0.3, 0.4) is 0 Å². The molecule has 5 heteroatoms. The summed E-state index contributed by atoms with van der Waals surface area (Å²) in [5.74, 6) is 0.678. The zero-order chi connectivity index (χ0) is 14.8. The maximum Gasteiger partial charge on any atom is 0.137 e. The molecule has 2 rings (SSSR count). The van der Waals surface area contributed by atoms with Crippen molar-refractivity contribution in [3.63, 3.8) is 0 Å². The summed E-state index contributed by atoms with van der Waals surface area (Å²) in [5.41, 5.74) is 2.09. The fourth-order valence-corrected chi connectivity index (χ4v) is 2.06. The highest BCUT2D eigenvalue weighted by molar-refractivity contribution is 6.32. The molecule has 4 nitrogen and oxygen atoms in total. The Labute approximate surface area is 124 Å². The van der Waals surface area contributed by atoms with E-state index in [9.17, 15) is 0 Å². The van der Waals surface area contributed by atoms with Gasteiger partial charge in [0, 0.05) is 24.0 Å². The Morgan fingerprint density at radius 2 is 2.10 bits per heavy atom. The molecule has 0 saturated carbocycles. The Balaban J connectivity index is 2.02. The third kappa shape index (κ3) is 3.45. The zero-order valence-corrected chi connectivity index (χ0v) is 13.0. The Bertz CT molecular complexity index is 587. The molecule has 0 saturated heterocycles. The molecule has 0 radical (unpaired) electrons. The normalized spacial score (nSPS) is 11.4. The highest BCUT2D eigenvalue weighted by Crippen LogP contribution is 2.27. The van der Waals surface area contributed by atoms with Crippen molar-refractivity contribution in [2.45, 2.75) is 32.9 Å². The number of rotatable bonds is 4. The van der Waals surface area contributed by atoms with Gasteiger partial charge in [-0.25, -0.2) is 0 Å². The lowest BCUT2D eigenvalue weighted by atomic mass is 10.1. The summed E-state index contributed by atoms with van der Waals surface area (Å²) in [7, 11) is 1.61. The van der Waals surface area contributed by atoms with Crippen LogP contribution in [0, 0.1) is 0 Å². The number of hydrogen-bond acceptors (Lipinski definition) is 3. The number of ether oxygens (including phenoxy) is 1. The molecule has 0 aliphatic rings. The molecule has 0 amide bonds. The number of methoxy groups -OCH3 is 1. The second-order valence-corrected chi connectivity index (χ2v) is 6.07. The number of hydrogen-bond donors (Lipinski definition) is 1. The second kappa shape index (κ2) is 5.75. The van der Waals surface area contributed by atoms with Crippen LogP contribution in [-0.2, 0) is 12.1 Å².